The molecule has 0 saturated heterocycles. The van der Waals surface area contributed by atoms with Gasteiger partial charge < -0.3 is 4.74 Å². The Morgan fingerprint density at radius 1 is 1.44 bits per heavy atom. The molecule has 1 aromatic rings. The molecule has 0 aliphatic rings. The predicted molar refractivity (Wildman–Crippen MR) is 70.3 cm³/mol. The third-order valence-corrected chi connectivity index (χ3v) is 3.31. The molecular weight excluding hydrogens is 268 g/mol. The summed E-state index contributed by atoms with van der Waals surface area (Å²) in [7, 11) is 1.66. The highest BCUT2D eigenvalue weighted by Crippen LogP contribution is 2.26. The van der Waals surface area contributed by atoms with E-state index in [-0.39, 0.29) is 0 Å². The first-order valence-corrected chi connectivity index (χ1v) is 6.16. The Morgan fingerprint density at radius 2 is 2.12 bits per heavy atom. The summed E-state index contributed by atoms with van der Waals surface area (Å²) >= 11 is 3.48. The monoisotopic (exact) mass is 286 g/mol. The largest absolute Gasteiger partial charge is 0.496 e. The normalized spacial score (nSPS) is 12.9. The minimum Gasteiger partial charge on any atom is -0.496 e. The molecule has 1 rings (SSSR count). The van der Waals surface area contributed by atoms with Gasteiger partial charge in [-0.25, -0.2) is 0 Å². The van der Waals surface area contributed by atoms with Crippen LogP contribution in [0.25, 0.3) is 0 Å². The Kier molecular flexibility index (Phi) is 5.25. The van der Waals surface area contributed by atoms with E-state index in [1.165, 1.54) is 5.56 Å². The van der Waals surface area contributed by atoms with Gasteiger partial charge in [-0.05, 0) is 46.0 Å². The summed E-state index contributed by atoms with van der Waals surface area (Å²) in [4.78, 5) is 0. The van der Waals surface area contributed by atoms with Crippen LogP contribution in [-0.2, 0) is 6.42 Å². The van der Waals surface area contributed by atoms with Crippen LogP contribution in [-0.4, -0.2) is 13.2 Å². The fraction of sp³-hybridized carbons (Fsp3) is 0.500. The molecule has 1 aromatic carbocycles. The van der Waals surface area contributed by atoms with Gasteiger partial charge in [-0.2, -0.15) is 0 Å². The van der Waals surface area contributed by atoms with Gasteiger partial charge in [0.05, 0.1) is 11.6 Å². The lowest BCUT2D eigenvalue weighted by molar-refractivity contribution is 0.402. The van der Waals surface area contributed by atoms with Crippen molar-refractivity contribution in [3.05, 3.63) is 28.2 Å². The van der Waals surface area contributed by atoms with Crippen LogP contribution >= 0.6 is 15.9 Å². The van der Waals surface area contributed by atoms with Gasteiger partial charge >= 0.3 is 0 Å². The summed E-state index contributed by atoms with van der Waals surface area (Å²) in [5, 5.41) is 0. The van der Waals surface area contributed by atoms with E-state index in [9.17, 15) is 0 Å². The number of hydrazine groups is 1. The van der Waals surface area contributed by atoms with Crippen molar-refractivity contribution < 1.29 is 4.74 Å². The minimum absolute atomic E-state index is 0.292. The van der Waals surface area contributed by atoms with Crippen LogP contribution in [0.2, 0.25) is 0 Å². The van der Waals surface area contributed by atoms with E-state index in [1.54, 1.807) is 7.11 Å². The number of benzene rings is 1. The van der Waals surface area contributed by atoms with E-state index in [4.69, 9.17) is 10.6 Å². The number of nitrogens with two attached hydrogens (primary N) is 1. The van der Waals surface area contributed by atoms with E-state index in [2.05, 4.69) is 47.3 Å². The van der Waals surface area contributed by atoms with Crippen molar-refractivity contribution in [3.63, 3.8) is 0 Å². The molecule has 0 aromatic heterocycles. The van der Waals surface area contributed by atoms with Crippen molar-refractivity contribution in [2.75, 3.05) is 7.11 Å². The van der Waals surface area contributed by atoms with Gasteiger partial charge in [-0.3, -0.25) is 11.3 Å². The Labute approximate surface area is 105 Å². The highest BCUT2D eigenvalue weighted by molar-refractivity contribution is 9.10. The number of hydrogen-bond acceptors (Lipinski definition) is 3. The van der Waals surface area contributed by atoms with E-state index < -0.39 is 0 Å². The average Bonchev–Trinajstić information content (AvgIpc) is 2.25. The molecule has 90 valence electrons. The zero-order chi connectivity index (χ0) is 12.1. The van der Waals surface area contributed by atoms with Crippen LogP contribution < -0.4 is 16.0 Å². The lowest BCUT2D eigenvalue weighted by Crippen LogP contribution is -2.40. The van der Waals surface area contributed by atoms with E-state index in [0.717, 1.165) is 16.6 Å². The highest BCUT2D eigenvalue weighted by Gasteiger charge is 2.12. The summed E-state index contributed by atoms with van der Waals surface area (Å²) < 4.78 is 6.17. The summed E-state index contributed by atoms with van der Waals surface area (Å²) in [6.07, 6.45) is 0.913. The third-order valence-electron chi connectivity index (χ3n) is 2.69. The quantitative estimate of drug-likeness (QED) is 0.646. The Balaban J connectivity index is 2.78. The van der Waals surface area contributed by atoms with Gasteiger partial charge in [-0.1, -0.05) is 19.9 Å². The second-order valence-corrected chi connectivity index (χ2v) is 5.04. The van der Waals surface area contributed by atoms with Crippen molar-refractivity contribution >= 4 is 15.9 Å². The van der Waals surface area contributed by atoms with Gasteiger partial charge in [0, 0.05) is 6.04 Å². The zero-order valence-electron chi connectivity index (χ0n) is 9.96. The molecule has 0 bridgehead atoms. The van der Waals surface area contributed by atoms with Crippen LogP contribution in [0.1, 0.15) is 19.4 Å². The molecule has 1 atom stereocenters. The first-order chi connectivity index (χ1) is 7.58. The standard InChI is InChI=1S/C12H19BrN2O/c1-8(2)11(15-14)7-9-4-5-12(16-3)10(13)6-9/h4-6,8,11,15H,7,14H2,1-3H3. The summed E-state index contributed by atoms with van der Waals surface area (Å²) in [5.41, 5.74) is 4.09. The van der Waals surface area contributed by atoms with E-state index in [0.29, 0.717) is 12.0 Å². The topological polar surface area (TPSA) is 47.3 Å². The Morgan fingerprint density at radius 3 is 2.56 bits per heavy atom. The maximum Gasteiger partial charge on any atom is 0.133 e. The first kappa shape index (κ1) is 13.5. The van der Waals surface area contributed by atoms with Gasteiger partial charge in [0.15, 0.2) is 0 Å². The van der Waals surface area contributed by atoms with E-state index in [1.807, 2.05) is 6.07 Å². The summed E-state index contributed by atoms with van der Waals surface area (Å²) in [6.45, 7) is 4.31. The Bertz CT molecular complexity index is 342. The number of hydrogen-bond donors (Lipinski definition) is 2. The summed E-state index contributed by atoms with van der Waals surface area (Å²) in [6, 6.07) is 6.40. The number of nitrogens with one attached hydrogen (secondary N) is 1. The number of ether oxygens (including phenoxy) is 1. The predicted octanol–water partition coefficient (Wildman–Crippen LogP) is 2.49. The molecule has 0 radical (unpaired) electrons. The van der Waals surface area contributed by atoms with Crippen molar-refractivity contribution in [1.82, 2.24) is 5.43 Å². The van der Waals surface area contributed by atoms with Gasteiger partial charge in [0.2, 0.25) is 0 Å². The molecule has 0 fully saturated rings. The smallest absolute Gasteiger partial charge is 0.133 e. The maximum atomic E-state index is 5.53. The van der Waals surface area contributed by atoms with Crippen LogP contribution in [0.4, 0.5) is 0 Å². The molecular formula is C12H19BrN2O. The van der Waals surface area contributed by atoms with Crippen LogP contribution in [0, 0.1) is 5.92 Å². The molecule has 0 amide bonds. The fourth-order valence-electron chi connectivity index (χ4n) is 1.58. The van der Waals surface area contributed by atoms with Crippen molar-refractivity contribution in [3.8, 4) is 5.75 Å². The first-order valence-electron chi connectivity index (χ1n) is 5.37. The molecule has 0 saturated carbocycles. The molecule has 1 unspecified atom stereocenters. The van der Waals surface area contributed by atoms with Crippen molar-refractivity contribution in [2.45, 2.75) is 26.3 Å². The lowest BCUT2D eigenvalue weighted by Gasteiger charge is -2.20. The molecule has 16 heavy (non-hydrogen) atoms. The molecule has 3 N–H and O–H groups in total. The number of halogens is 1. The lowest BCUT2D eigenvalue weighted by atomic mass is 9.97. The van der Waals surface area contributed by atoms with Gasteiger partial charge in [0.25, 0.3) is 0 Å². The molecule has 3 nitrogen and oxygen atoms in total. The summed E-state index contributed by atoms with van der Waals surface area (Å²) in [5.74, 6) is 6.89. The van der Waals surface area contributed by atoms with Crippen molar-refractivity contribution in [1.29, 1.82) is 0 Å². The SMILES string of the molecule is COc1ccc(CC(NN)C(C)C)cc1Br. The molecule has 0 heterocycles. The molecule has 4 heteroatoms. The number of methoxy groups -OCH3 is 1. The maximum absolute atomic E-state index is 5.53. The third kappa shape index (κ3) is 3.47. The van der Waals surface area contributed by atoms with Gasteiger partial charge in [-0.15, -0.1) is 0 Å². The second-order valence-electron chi connectivity index (χ2n) is 4.19. The molecule has 0 aliphatic carbocycles. The van der Waals surface area contributed by atoms with Crippen LogP contribution in [0.15, 0.2) is 22.7 Å². The zero-order valence-corrected chi connectivity index (χ0v) is 11.5. The number of rotatable bonds is 5. The van der Waals surface area contributed by atoms with Gasteiger partial charge in [0.1, 0.15) is 5.75 Å². The van der Waals surface area contributed by atoms with Crippen LogP contribution in [0.5, 0.6) is 5.75 Å². The Hall–Kier alpha value is -0.580. The van der Waals surface area contributed by atoms with E-state index >= 15 is 0 Å². The molecule has 0 spiro atoms. The highest BCUT2D eigenvalue weighted by atomic mass is 79.9. The van der Waals surface area contributed by atoms with Crippen molar-refractivity contribution in [2.24, 2.45) is 11.8 Å². The second kappa shape index (κ2) is 6.23. The molecule has 0 aliphatic heterocycles. The average molecular weight is 287 g/mol. The fourth-order valence-corrected chi connectivity index (χ4v) is 2.17. The minimum atomic E-state index is 0.292. The van der Waals surface area contributed by atoms with Crippen LogP contribution in [0.3, 0.4) is 0 Å².